The van der Waals surface area contributed by atoms with Crippen molar-refractivity contribution in [3.05, 3.63) is 71.0 Å². The number of carbonyl (C=O) groups excluding carboxylic acids is 1. The second-order valence-electron chi connectivity index (χ2n) is 6.98. The van der Waals surface area contributed by atoms with Crippen molar-refractivity contribution in [2.24, 2.45) is 0 Å². The van der Waals surface area contributed by atoms with Crippen LogP contribution in [0.1, 0.15) is 34.9 Å². The molecule has 1 aliphatic heterocycles. The predicted octanol–water partition coefficient (Wildman–Crippen LogP) is 4.14. The Morgan fingerprint density at radius 1 is 1.17 bits per heavy atom. The van der Waals surface area contributed by atoms with E-state index in [-0.39, 0.29) is 42.8 Å². The molecule has 2 aromatic carbocycles. The highest BCUT2D eigenvalue weighted by atomic mass is 19.4. The zero-order valence-electron chi connectivity index (χ0n) is 15.6. The zero-order chi connectivity index (χ0) is 21.3. The van der Waals surface area contributed by atoms with E-state index in [1.165, 1.54) is 23.1 Å². The summed E-state index contributed by atoms with van der Waals surface area (Å²) in [5, 5.41) is 12.8. The topological polar surface area (TPSA) is 83.0 Å². The minimum absolute atomic E-state index is 0.0467. The second kappa shape index (κ2) is 7.63. The van der Waals surface area contributed by atoms with Crippen molar-refractivity contribution in [1.29, 1.82) is 5.26 Å². The normalized spacial score (nSPS) is 16.7. The average molecular weight is 412 g/mol. The molecule has 9 heteroatoms. The third-order valence-electron chi connectivity index (χ3n) is 4.97. The van der Waals surface area contributed by atoms with Gasteiger partial charge in [0.15, 0.2) is 5.82 Å². The lowest BCUT2D eigenvalue weighted by Gasteiger charge is -2.19. The van der Waals surface area contributed by atoms with Gasteiger partial charge in [0, 0.05) is 31.0 Å². The minimum Gasteiger partial charge on any atom is -0.338 e. The van der Waals surface area contributed by atoms with Gasteiger partial charge in [0.25, 0.3) is 5.89 Å². The molecule has 1 saturated heterocycles. The maximum Gasteiger partial charge on any atom is 0.416 e. The molecule has 4 rings (SSSR count). The molecule has 6 nitrogen and oxygen atoms in total. The van der Waals surface area contributed by atoms with Gasteiger partial charge in [-0.3, -0.25) is 4.79 Å². The molecule has 152 valence electrons. The average Bonchev–Trinajstić information content (AvgIpc) is 3.35. The summed E-state index contributed by atoms with van der Waals surface area (Å²) in [6.07, 6.45) is -4.39. The van der Waals surface area contributed by atoms with Crippen LogP contribution >= 0.6 is 0 Å². The van der Waals surface area contributed by atoms with Gasteiger partial charge >= 0.3 is 6.18 Å². The molecule has 0 bridgehead atoms. The van der Waals surface area contributed by atoms with Crippen molar-refractivity contribution in [3.63, 3.8) is 0 Å². The number of amides is 1. The van der Waals surface area contributed by atoms with Crippen LogP contribution in [0.15, 0.2) is 53.1 Å². The van der Waals surface area contributed by atoms with Gasteiger partial charge in [0.2, 0.25) is 5.91 Å². The molecule has 1 fully saturated rings. The van der Waals surface area contributed by atoms with Crippen LogP contribution in [0.2, 0.25) is 0 Å². The first kappa shape index (κ1) is 19.6. The van der Waals surface area contributed by atoms with Gasteiger partial charge in [-0.05, 0) is 35.9 Å². The molecular formula is C21H15F3N4O2. The van der Waals surface area contributed by atoms with Gasteiger partial charge in [0.1, 0.15) is 0 Å². The SMILES string of the molecule is N#Cc1ccc(-c2nc(C3CC(=O)N(Cc4ccccc4C(F)(F)F)C3)no2)cc1. The first-order valence-electron chi connectivity index (χ1n) is 9.12. The van der Waals surface area contributed by atoms with E-state index in [4.69, 9.17) is 9.78 Å². The number of nitriles is 1. The third-order valence-corrected chi connectivity index (χ3v) is 4.97. The van der Waals surface area contributed by atoms with Crippen molar-refractivity contribution in [3.8, 4) is 17.5 Å². The summed E-state index contributed by atoms with van der Waals surface area (Å²) < 4.78 is 44.9. The lowest BCUT2D eigenvalue weighted by molar-refractivity contribution is -0.139. The molecule has 1 aromatic heterocycles. The number of hydrogen-bond donors (Lipinski definition) is 0. The molecule has 1 unspecified atom stereocenters. The van der Waals surface area contributed by atoms with Crippen molar-refractivity contribution in [2.75, 3.05) is 6.54 Å². The maximum atomic E-state index is 13.2. The first-order valence-corrected chi connectivity index (χ1v) is 9.12. The van der Waals surface area contributed by atoms with Crippen LogP contribution in [0.3, 0.4) is 0 Å². The second-order valence-corrected chi connectivity index (χ2v) is 6.98. The Balaban J connectivity index is 1.50. The molecule has 0 saturated carbocycles. The maximum absolute atomic E-state index is 13.2. The lowest BCUT2D eigenvalue weighted by atomic mass is 10.1. The molecule has 1 amide bonds. The molecule has 0 spiro atoms. The largest absolute Gasteiger partial charge is 0.416 e. The Kier molecular flexibility index (Phi) is 4.99. The fourth-order valence-corrected chi connectivity index (χ4v) is 3.44. The third kappa shape index (κ3) is 3.89. The van der Waals surface area contributed by atoms with E-state index in [9.17, 15) is 18.0 Å². The predicted molar refractivity (Wildman–Crippen MR) is 98.7 cm³/mol. The summed E-state index contributed by atoms with van der Waals surface area (Å²) in [4.78, 5) is 18.1. The quantitative estimate of drug-likeness (QED) is 0.643. The van der Waals surface area contributed by atoms with Crippen molar-refractivity contribution in [1.82, 2.24) is 15.0 Å². The highest BCUT2D eigenvalue weighted by Gasteiger charge is 2.37. The number of rotatable bonds is 4. The molecule has 2 heterocycles. The van der Waals surface area contributed by atoms with Crippen LogP contribution in [-0.4, -0.2) is 27.5 Å². The number of alkyl halides is 3. The number of benzene rings is 2. The first-order chi connectivity index (χ1) is 14.3. The van der Waals surface area contributed by atoms with Crippen LogP contribution in [0.25, 0.3) is 11.5 Å². The summed E-state index contributed by atoms with van der Waals surface area (Å²) >= 11 is 0. The van der Waals surface area contributed by atoms with Crippen LogP contribution in [0.5, 0.6) is 0 Å². The Morgan fingerprint density at radius 2 is 1.90 bits per heavy atom. The summed E-state index contributed by atoms with van der Waals surface area (Å²) in [6, 6.07) is 13.8. The number of halogens is 3. The minimum atomic E-state index is -4.48. The Morgan fingerprint density at radius 3 is 2.60 bits per heavy atom. The van der Waals surface area contributed by atoms with E-state index in [0.29, 0.717) is 17.0 Å². The molecule has 30 heavy (non-hydrogen) atoms. The smallest absolute Gasteiger partial charge is 0.338 e. The Labute approximate surface area is 169 Å². The van der Waals surface area contributed by atoms with Gasteiger partial charge in [-0.25, -0.2) is 0 Å². The van der Waals surface area contributed by atoms with Gasteiger partial charge in [0.05, 0.1) is 17.2 Å². The molecule has 0 radical (unpaired) electrons. The van der Waals surface area contributed by atoms with E-state index in [1.54, 1.807) is 24.3 Å². The van der Waals surface area contributed by atoms with Gasteiger partial charge in [-0.1, -0.05) is 23.4 Å². The fraction of sp³-hybridized carbons (Fsp3) is 0.238. The van der Waals surface area contributed by atoms with Crippen molar-refractivity contribution >= 4 is 5.91 Å². The summed E-state index contributed by atoms with van der Waals surface area (Å²) in [5.74, 6) is -0.0507. The Bertz CT molecular complexity index is 1120. The summed E-state index contributed by atoms with van der Waals surface area (Å²) in [5.41, 5.74) is 0.428. The highest BCUT2D eigenvalue weighted by Crippen LogP contribution is 2.34. The van der Waals surface area contributed by atoms with E-state index < -0.39 is 11.7 Å². The lowest BCUT2D eigenvalue weighted by Crippen LogP contribution is -2.26. The van der Waals surface area contributed by atoms with E-state index in [0.717, 1.165) is 6.07 Å². The molecule has 3 aromatic rings. The molecule has 1 aliphatic rings. The molecule has 1 atom stereocenters. The molecule has 0 N–H and O–H groups in total. The van der Waals surface area contributed by atoms with Crippen LogP contribution in [-0.2, 0) is 17.5 Å². The monoisotopic (exact) mass is 412 g/mol. The Hall–Kier alpha value is -3.67. The number of carbonyl (C=O) groups is 1. The van der Waals surface area contributed by atoms with Crippen LogP contribution < -0.4 is 0 Å². The van der Waals surface area contributed by atoms with Crippen LogP contribution in [0, 0.1) is 11.3 Å². The highest BCUT2D eigenvalue weighted by molar-refractivity contribution is 5.79. The van der Waals surface area contributed by atoms with E-state index >= 15 is 0 Å². The van der Waals surface area contributed by atoms with Crippen LogP contribution in [0.4, 0.5) is 13.2 Å². The number of likely N-dealkylation sites (tertiary alicyclic amines) is 1. The van der Waals surface area contributed by atoms with Crippen molar-refractivity contribution in [2.45, 2.75) is 25.1 Å². The van der Waals surface area contributed by atoms with Crippen molar-refractivity contribution < 1.29 is 22.5 Å². The number of nitrogens with zero attached hydrogens (tertiary/aromatic N) is 4. The molecule has 0 aliphatic carbocycles. The fourth-order valence-electron chi connectivity index (χ4n) is 3.44. The summed E-state index contributed by atoms with van der Waals surface area (Å²) in [7, 11) is 0. The van der Waals surface area contributed by atoms with E-state index in [1.807, 2.05) is 6.07 Å². The zero-order valence-corrected chi connectivity index (χ0v) is 15.6. The molecular weight excluding hydrogens is 397 g/mol. The number of aromatic nitrogens is 2. The van der Waals surface area contributed by atoms with Gasteiger partial charge in [-0.2, -0.15) is 23.4 Å². The summed E-state index contributed by atoms with van der Waals surface area (Å²) in [6.45, 7) is 0.0721. The standard InChI is InChI=1S/C21H15F3N4O2/c22-21(23,24)17-4-2-1-3-15(17)11-28-12-16(9-18(28)29)19-26-20(30-27-19)14-7-5-13(10-25)6-8-14/h1-8,16H,9,11-12H2. The van der Waals surface area contributed by atoms with Gasteiger partial charge in [-0.15, -0.1) is 0 Å². The van der Waals surface area contributed by atoms with E-state index in [2.05, 4.69) is 10.1 Å². The number of hydrogen-bond acceptors (Lipinski definition) is 5. The van der Waals surface area contributed by atoms with Gasteiger partial charge < -0.3 is 9.42 Å².